The first-order chi connectivity index (χ1) is 19.3. The molecule has 1 aliphatic heterocycles. The Kier molecular flexibility index (Phi) is 8.82. The monoisotopic (exact) mass is 561 g/mol. The molecular formula is C28H23N3O8S. The van der Waals surface area contributed by atoms with Crippen LogP contribution in [0.2, 0.25) is 0 Å². The van der Waals surface area contributed by atoms with Gasteiger partial charge in [-0.05, 0) is 59.8 Å². The van der Waals surface area contributed by atoms with Crippen LogP contribution in [0.1, 0.15) is 21.5 Å². The van der Waals surface area contributed by atoms with E-state index in [2.05, 4.69) is 10.5 Å². The molecule has 0 saturated carbocycles. The number of hydrogen-bond donors (Lipinski definition) is 2. The van der Waals surface area contributed by atoms with Gasteiger partial charge in [0.1, 0.15) is 18.0 Å². The number of carbonyl (C=O) groups excluding carboxylic acids is 4. The van der Waals surface area contributed by atoms with Crippen LogP contribution in [0.4, 0.5) is 4.79 Å². The SMILES string of the molecule is COc1ccc(/C=C2\SC(=O)N(CC(=O)Oc3ccccc3/C=N/NC(=O)c3ccccc3O)C2=O)cc1OC. The van der Waals surface area contributed by atoms with Crippen LogP contribution < -0.4 is 19.6 Å². The Morgan fingerprint density at radius 2 is 1.70 bits per heavy atom. The van der Waals surface area contributed by atoms with E-state index in [0.29, 0.717) is 34.4 Å². The molecule has 0 aliphatic carbocycles. The second-order valence-electron chi connectivity index (χ2n) is 8.11. The number of hydrogen-bond acceptors (Lipinski definition) is 10. The minimum absolute atomic E-state index is 0.0386. The molecule has 40 heavy (non-hydrogen) atoms. The van der Waals surface area contributed by atoms with E-state index in [1.54, 1.807) is 48.5 Å². The number of methoxy groups -OCH3 is 2. The maximum atomic E-state index is 12.9. The number of esters is 1. The van der Waals surface area contributed by atoms with Gasteiger partial charge in [0.2, 0.25) is 0 Å². The fraction of sp³-hybridized carbons (Fsp3) is 0.107. The van der Waals surface area contributed by atoms with Gasteiger partial charge in [-0.15, -0.1) is 0 Å². The quantitative estimate of drug-likeness (QED) is 0.131. The van der Waals surface area contributed by atoms with Gasteiger partial charge in [0.25, 0.3) is 17.1 Å². The van der Waals surface area contributed by atoms with Crippen molar-refractivity contribution in [1.82, 2.24) is 10.3 Å². The number of nitrogens with one attached hydrogen (secondary N) is 1. The third kappa shape index (κ3) is 6.48. The average molecular weight is 562 g/mol. The number of amides is 3. The second kappa shape index (κ2) is 12.6. The molecule has 1 heterocycles. The second-order valence-corrected chi connectivity index (χ2v) is 9.10. The van der Waals surface area contributed by atoms with Crippen molar-refractivity contribution in [2.75, 3.05) is 20.8 Å². The summed E-state index contributed by atoms with van der Waals surface area (Å²) >= 11 is 0.704. The average Bonchev–Trinajstić information content (AvgIpc) is 3.21. The lowest BCUT2D eigenvalue weighted by atomic mass is 10.2. The van der Waals surface area contributed by atoms with Crippen molar-refractivity contribution < 1.29 is 38.5 Å². The largest absolute Gasteiger partial charge is 0.507 e. The predicted molar refractivity (Wildman–Crippen MR) is 147 cm³/mol. The summed E-state index contributed by atoms with van der Waals surface area (Å²) in [5.74, 6) is -1.25. The van der Waals surface area contributed by atoms with Crippen LogP contribution in [0.15, 0.2) is 76.7 Å². The topological polar surface area (TPSA) is 144 Å². The van der Waals surface area contributed by atoms with Gasteiger partial charge in [-0.1, -0.05) is 30.3 Å². The third-order valence-corrected chi connectivity index (χ3v) is 6.43. The Morgan fingerprint density at radius 1 is 0.975 bits per heavy atom. The summed E-state index contributed by atoms with van der Waals surface area (Å²) in [6, 6.07) is 17.4. The minimum Gasteiger partial charge on any atom is -0.507 e. The highest BCUT2D eigenvalue weighted by Crippen LogP contribution is 2.34. The number of nitrogens with zero attached hydrogens (tertiary/aromatic N) is 2. The van der Waals surface area contributed by atoms with Gasteiger partial charge < -0.3 is 19.3 Å². The number of benzene rings is 3. The molecule has 204 valence electrons. The van der Waals surface area contributed by atoms with E-state index in [4.69, 9.17) is 14.2 Å². The lowest BCUT2D eigenvalue weighted by molar-refractivity contribution is -0.138. The zero-order chi connectivity index (χ0) is 28.6. The molecule has 0 unspecified atom stereocenters. The number of hydrazone groups is 1. The first kappa shape index (κ1) is 27.9. The van der Waals surface area contributed by atoms with E-state index in [-0.39, 0.29) is 22.0 Å². The van der Waals surface area contributed by atoms with Crippen molar-refractivity contribution in [2.24, 2.45) is 5.10 Å². The standard InChI is InChI=1S/C28H23N3O8S/c1-37-22-12-11-17(13-23(22)38-2)14-24-27(35)31(28(36)40-24)16-25(33)39-21-10-6-3-7-18(21)15-29-30-26(34)19-8-4-5-9-20(19)32/h3-15,32H,16H2,1-2H3,(H,30,34)/b24-14-,29-15+. The van der Waals surface area contributed by atoms with E-state index >= 15 is 0 Å². The number of para-hydroxylation sites is 2. The number of phenols is 1. The molecule has 1 fully saturated rings. The lowest BCUT2D eigenvalue weighted by Gasteiger charge is -2.12. The van der Waals surface area contributed by atoms with Crippen molar-refractivity contribution in [2.45, 2.75) is 0 Å². The van der Waals surface area contributed by atoms with Crippen molar-refractivity contribution in [1.29, 1.82) is 0 Å². The fourth-order valence-corrected chi connectivity index (χ4v) is 4.42. The molecule has 3 aromatic rings. The fourth-order valence-electron chi connectivity index (χ4n) is 3.58. The number of phenolic OH excluding ortho intramolecular Hbond substituents is 1. The zero-order valence-corrected chi connectivity index (χ0v) is 22.1. The third-order valence-electron chi connectivity index (χ3n) is 5.53. The molecule has 4 rings (SSSR count). The first-order valence-electron chi connectivity index (χ1n) is 11.7. The van der Waals surface area contributed by atoms with Gasteiger partial charge in [0.15, 0.2) is 11.5 Å². The van der Waals surface area contributed by atoms with Crippen LogP contribution in [0.3, 0.4) is 0 Å². The molecule has 3 amide bonds. The number of ether oxygens (including phenoxy) is 3. The lowest BCUT2D eigenvalue weighted by Crippen LogP contribution is -2.35. The van der Waals surface area contributed by atoms with E-state index in [1.165, 1.54) is 44.7 Å². The van der Waals surface area contributed by atoms with Crippen molar-refractivity contribution >= 4 is 47.1 Å². The Balaban J connectivity index is 1.41. The molecule has 0 atom stereocenters. The van der Waals surface area contributed by atoms with Crippen LogP contribution in [0.25, 0.3) is 6.08 Å². The van der Waals surface area contributed by atoms with Crippen LogP contribution >= 0.6 is 11.8 Å². The summed E-state index contributed by atoms with van der Waals surface area (Å²) < 4.78 is 15.9. The number of thioether (sulfide) groups is 1. The van der Waals surface area contributed by atoms with Crippen molar-refractivity contribution in [3.8, 4) is 23.0 Å². The summed E-state index contributed by atoms with van der Waals surface area (Å²) in [5.41, 5.74) is 3.27. The molecule has 1 saturated heterocycles. The maximum Gasteiger partial charge on any atom is 0.331 e. The molecule has 1 aliphatic rings. The summed E-state index contributed by atoms with van der Waals surface area (Å²) in [4.78, 5) is 51.2. The van der Waals surface area contributed by atoms with Crippen LogP contribution in [0.5, 0.6) is 23.0 Å². The van der Waals surface area contributed by atoms with E-state index in [9.17, 15) is 24.3 Å². The maximum absolute atomic E-state index is 12.9. The molecule has 12 heteroatoms. The first-order valence-corrected chi connectivity index (χ1v) is 12.5. The summed E-state index contributed by atoms with van der Waals surface area (Å²) in [6.07, 6.45) is 2.78. The molecule has 0 bridgehead atoms. The van der Waals surface area contributed by atoms with Gasteiger partial charge in [0.05, 0.1) is 30.9 Å². The molecule has 0 spiro atoms. The smallest absolute Gasteiger partial charge is 0.331 e. The van der Waals surface area contributed by atoms with E-state index in [1.807, 2.05) is 0 Å². The summed E-state index contributed by atoms with van der Waals surface area (Å²) in [7, 11) is 2.99. The Hall–Kier alpha value is -5.10. The molecule has 11 nitrogen and oxygen atoms in total. The molecule has 0 radical (unpaired) electrons. The van der Waals surface area contributed by atoms with Crippen molar-refractivity contribution in [3.05, 3.63) is 88.3 Å². The number of rotatable bonds is 9. The predicted octanol–water partition coefficient (Wildman–Crippen LogP) is 3.82. The van der Waals surface area contributed by atoms with Gasteiger partial charge in [-0.25, -0.2) is 10.2 Å². The van der Waals surface area contributed by atoms with Gasteiger partial charge in [-0.3, -0.25) is 19.3 Å². The number of aromatic hydroxyl groups is 1. The molecule has 2 N–H and O–H groups in total. The minimum atomic E-state index is -0.853. The van der Waals surface area contributed by atoms with Crippen molar-refractivity contribution in [3.63, 3.8) is 0 Å². The Morgan fingerprint density at radius 3 is 2.45 bits per heavy atom. The highest BCUT2D eigenvalue weighted by Gasteiger charge is 2.37. The van der Waals surface area contributed by atoms with Gasteiger partial charge in [0, 0.05) is 5.56 Å². The Labute approximate surface area is 233 Å². The van der Waals surface area contributed by atoms with Crippen LogP contribution in [-0.2, 0) is 9.59 Å². The zero-order valence-electron chi connectivity index (χ0n) is 21.3. The summed E-state index contributed by atoms with van der Waals surface area (Å²) in [5, 5.41) is 13.0. The van der Waals surface area contributed by atoms with Gasteiger partial charge >= 0.3 is 5.97 Å². The number of carbonyl (C=O) groups is 4. The molecular weight excluding hydrogens is 538 g/mol. The van der Waals surface area contributed by atoms with E-state index < -0.39 is 29.6 Å². The van der Waals surface area contributed by atoms with Crippen LogP contribution in [0, 0.1) is 0 Å². The highest BCUT2D eigenvalue weighted by atomic mass is 32.2. The normalized spacial score (nSPS) is 14.1. The molecule has 3 aromatic carbocycles. The van der Waals surface area contributed by atoms with E-state index in [0.717, 1.165) is 4.90 Å². The molecule has 0 aromatic heterocycles. The summed E-state index contributed by atoms with van der Waals surface area (Å²) in [6.45, 7) is -0.608. The van der Waals surface area contributed by atoms with Gasteiger partial charge in [-0.2, -0.15) is 5.10 Å². The number of imide groups is 1. The Bertz CT molecular complexity index is 1540. The van der Waals surface area contributed by atoms with Crippen LogP contribution in [-0.4, -0.2) is 60.0 Å². The highest BCUT2D eigenvalue weighted by molar-refractivity contribution is 8.18.